The zero-order valence-electron chi connectivity index (χ0n) is 16.6. The highest BCUT2D eigenvalue weighted by Gasteiger charge is 2.31. The minimum atomic E-state index is -3.37. The number of nitrogens with one attached hydrogen (secondary N) is 1. The van der Waals surface area contributed by atoms with Gasteiger partial charge in [0, 0.05) is 24.7 Å². The summed E-state index contributed by atoms with van der Waals surface area (Å²) in [5.74, 6) is -0.252. The molecule has 0 unspecified atom stereocenters. The molecule has 1 aliphatic rings. The summed E-state index contributed by atoms with van der Waals surface area (Å²) in [7, 11) is -3.37. The third-order valence-electron chi connectivity index (χ3n) is 5.18. The first-order valence-electron chi connectivity index (χ1n) is 9.54. The van der Waals surface area contributed by atoms with Crippen LogP contribution in [-0.4, -0.2) is 36.7 Å². The Kier molecular flexibility index (Phi) is 6.15. The summed E-state index contributed by atoms with van der Waals surface area (Å²) in [4.78, 5) is 17.1. The van der Waals surface area contributed by atoms with Gasteiger partial charge in [-0.05, 0) is 50.8 Å². The van der Waals surface area contributed by atoms with Gasteiger partial charge in [-0.25, -0.2) is 12.7 Å². The van der Waals surface area contributed by atoms with Gasteiger partial charge in [0.2, 0.25) is 15.9 Å². The van der Waals surface area contributed by atoms with Gasteiger partial charge in [-0.2, -0.15) is 0 Å². The lowest BCUT2D eigenvalue weighted by atomic mass is 9.97. The van der Waals surface area contributed by atoms with Crippen molar-refractivity contribution in [3.05, 3.63) is 58.9 Å². The predicted molar refractivity (Wildman–Crippen MR) is 110 cm³/mol. The number of hydrogen-bond donors (Lipinski definition) is 1. The van der Waals surface area contributed by atoms with Crippen molar-refractivity contribution in [3.63, 3.8) is 0 Å². The molecule has 150 valence electrons. The molecule has 3 rings (SSSR count). The number of aryl methyl sites for hydroxylation is 3. The number of pyridine rings is 1. The smallest absolute Gasteiger partial charge is 0.227 e. The number of anilines is 1. The number of benzene rings is 1. The molecular formula is C21H27N3O3S. The fourth-order valence-corrected chi connectivity index (χ4v) is 5.27. The molecule has 0 saturated carbocycles. The second kappa shape index (κ2) is 8.41. The summed E-state index contributed by atoms with van der Waals surface area (Å²) < 4.78 is 26.8. The fraction of sp³-hybridized carbons (Fsp3) is 0.429. The molecule has 1 aliphatic heterocycles. The van der Waals surface area contributed by atoms with E-state index in [-0.39, 0.29) is 17.6 Å². The molecule has 1 aromatic carbocycles. The monoisotopic (exact) mass is 401 g/mol. The fourth-order valence-electron chi connectivity index (χ4n) is 3.71. The zero-order chi connectivity index (χ0) is 20.3. The molecular weight excluding hydrogens is 374 g/mol. The normalized spacial score (nSPS) is 16.1. The van der Waals surface area contributed by atoms with Crippen LogP contribution in [0.1, 0.15) is 35.4 Å². The SMILES string of the molecule is Cc1cc(C)c(NC(=O)C2CCN(S(=O)(=O)Cc3ccccc3)CC2)c(C)n1. The van der Waals surface area contributed by atoms with Gasteiger partial charge in [-0.1, -0.05) is 30.3 Å². The van der Waals surface area contributed by atoms with E-state index >= 15 is 0 Å². The Morgan fingerprint density at radius 1 is 1.14 bits per heavy atom. The molecule has 1 saturated heterocycles. The Bertz CT molecular complexity index is 927. The first-order chi connectivity index (χ1) is 13.3. The number of nitrogens with zero attached hydrogens (tertiary/aromatic N) is 2. The number of carbonyl (C=O) groups excluding carboxylic acids is 1. The molecule has 6 nitrogen and oxygen atoms in total. The molecule has 1 N–H and O–H groups in total. The minimum Gasteiger partial charge on any atom is -0.324 e. The molecule has 1 aromatic heterocycles. The highest BCUT2D eigenvalue weighted by Crippen LogP contribution is 2.25. The van der Waals surface area contributed by atoms with E-state index in [1.807, 2.05) is 57.2 Å². The second-order valence-corrected chi connectivity index (χ2v) is 9.41. The lowest BCUT2D eigenvalue weighted by Gasteiger charge is -2.30. The van der Waals surface area contributed by atoms with Crippen molar-refractivity contribution in [1.82, 2.24) is 9.29 Å². The average Bonchev–Trinajstić information content (AvgIpc) is 2.65. The lowest BCUT2D eigenvalue weighted by molar-refractivity contribution is -0.120. The van der Waals surface area contributed by atoms with E-state index in [0.717, 1.165) is 28.2 Å². The van der Waals surface area contributed by atoms with Crippen LogP contribution in [0.15, 0.2) is 36.4 Å². The van der Waals surface area contributed by atoms with E-state index in [1.54, 1.807) is 0 Å². The molecule has 0 bridgehead atoms. The molecule has 0 radical (unpaired) electrons. The van der Waals surface area contributed by atoms with E-state index < -0.39 is 10.0 Å². The van der Waals surface area contributed by atoms with Gasteiger partial charge in [-0.15, -0.1) is 0 Å². The van der Waals surface area contributed by atoms with Gasteiger partial charge in [0.15, 0.2) is 0 Å². The van der Waals surface area contributed by atoms with E-state index in [0.29, 0.717) is 25.9 Å². The Hall–Kier alpha value is -2.25. The van der Waals surface area contributed by atoms with Crippen molar-refractivity contribution in [1.29, 1.82) is 0 Å². The summed E-state index contributed by atoms with van der Waals surface area (Å²) in [5, 5.41) is 3.00. The largest absolute Gasteiger partial charge is 0.324 e. The number of amides is 1. The zero-order valence-corrected chi connectivity index (χ0v) is 17.4. The summed E-state index contributed by atoms with van der Waals surface area (Å²) >= 11 is 0. The van der Waals surface area contributed by atoms with Crippen LogP contribution in [0, 0.1) is 26.7 Å². The van der Waals surface area contributed by atoms with E-state index in [1.165, 1.54) is 4.31 Å². The Morgan fingerprint density at radius 3 is 2.39 bits per heavy atom. The van der Waals surface area contributed by atoms with Gasteiger partial charge in [0.05, 0.1) is 17.1 Å². The van der Waals surface area contributed by atoms with Gasteiger partial charge >= 0.3 is 0 Å². The van der Waals surface area contributed by atoms with Crippen molar-refractivity contribution < 1.29 is 13.2 Å². The summed E-state index contributed by atoms with van der Waals surface area (Å²) in [6, 6.07) is 11.1. The van der Waals surface area contributed by atoms with Gasteiger partial charge in [0.25, 0.3) is 0 Å². The maximum absolute atomic E-state index is 12.7. The number of rotatable bonds is 5. The van der Waals surface area contributed by atoms with E-state index in [2.05, 4.69) is 10.3 Å². The topological polar surface area (TPSA) is 79.4 Å². The van der Waals surface area contributed by atoms with Crippen LogP contribution in [0.3, 0.4) is 0 Å². The van der Waals surface area contributed by atoms with Crippen LogP contribution in [0.5, 0.6) is 0 Å². The molecule has 2 aromatic rings. The number of piperidine rings is 1. The number of carbonyl (C=O) groups is 1. The van der Waals surface area contributed by atoms with Crippen molar-refractivity contribution in [3.8, 4) is 0 Å². The third-order valence-corrected chi connectivity index (χ3v) is 7.03. The minimum absolute atomic E-state index is 0.00186. The molecule has 28 heavy (non-hydrogen) atoms. The average molecular weight is 402 g/mol. The molecule has 0 aliphatic carbocycles. The van der Waals surface area contributed by atoms with Crippen molar-refractivity contribution in [2.75, 3.05) is 18.4 Å². The standard InChI is InChI=1S/C21H27N3O3S/c1-15-13-16(2)22-17(3)20(15)23-21(25)19-9-11-24(12-10-19)28(26,27)14-18-7-5-4-6-8-18/h4-8,13,19H,9-12,14H2,1-3H3,(H,23,25). The van der Waals surface area contributed by atoms with Crippen LogP contribution in [0.25, 0.3) is 0 Å². The van der Waals surface area contributed by atoms with Crippen molar-refractivity contribution in [2.24, 2.45) is 5.92 Å². The van der Waals surface area contributed by atoms with Crippen molar-refractivity contribution >= 4 is 21.6 Å². The van der Waals surface area contributed by atoms with Crippen LogP contribution in [0.2, 0.25) is 0 Å². The van der Waals surface area contributed by atoms with Gasteiger partial charge in [-0.3, -0.25) is 9.78 Å². The molecule has 1 fully saturated rings. The maximum atomic E-state index is 12.7. The van der Waals surface area contributed by atoms with Crippen LogP contribution >= 0.6 is 0 Å². The van der Waals surface area contributed by atoms with Crippen LogP contribution in [-0.2, 0) is 20.6 Å². The van der Waals surface area contributed by atoms with Crippen molar-refractivity contribution in [2.45, 2.75) is 39.4 Å². The Labute approximate surface area is 167 Å². The number of sulfonamides is 1. The predicted octanol–water partition coefficient (Wildman–Crippen LogP) is 3.19. The Balaban J connectivity index is 1.60. The molecule has 0 atom stereocenters. The van der Waals surface area contributed by atoms with E-state index in [4.69, 9.17) is 0 Å². The first-order valence-corrected chi connectivity index (χ1v) is 11.1. The first kappa shape index (κ1) is 20.5. The van der Waals surface area contributed by atoms with Crippen LogP contribution in [0.4, 0.5) is 5.69 Å². The lowest BCUT2D eigenvalue weighted by Crippen LogP contribution is -2.42. The molecule has 1 amide bonds. The maximum Gasteiger partial charge on any atom is 0.227 e. The second-order valence-electron chi connectivity index (χ2n) is 7.45. The highest BCUT2D eigenvalue weighted by molar-refractivity contribution is 7.88. The highest BCUT2D eigenvalue weighted by atomic mass is 32.2. The van der Waals surface area contributed by atoms with Gasteiger partial charge < -0.3 is 5.32 Å². The van der Waals surface area contributed by atoms with E-state index in [9.17, 15) is 13.2 Å². The third kappa shape index (κ3) is 4.77. The number of aromatic nitrogens is 1. The number of hydrogen-bond acceptors (Lipinski definition) is 4. The summed E-state index contributed by atoms with van der Waals surface area (Å²) in [6.45, 7) is 6.51. The van der Waals surface area contributed by atoms with Crippen LogP contribution < -0.4 is 5.32 Å². The Morgan fingerprint density at radius 2 is 1.79 bits per heavy atom. The quantitative estimate of drug-likeness (QED) is 0.834. The molecule has 0 spiro atoms. The summed E-state index contributed by atoms with van der Waals surface area (Å²) in [6.07, 6.45) is 1.05. The molecule has 2 heterocycles. The summed E-state index contributed by atoms with van der Waals surface area (Å²) in [5.41, 5.74) is 4.25. The van der Waals surface area contributed by atoms with Gasteiger partial charge in [0.1, 0.15) is 0 Å². The molecule has 7 heteroatoms.